The number of nitrogen functional groups attached to an aromatic ring is 1. The number of hydrogen-bond acceptors (Lipinski definition) is 5. The summed E-state index contributed by atoms with van der Waals surface area (Å²) in [6.45, 7) is 0. The van der Waals surface area contributed by atoms with Gasteiger partial charge in [0.15, 0.2) is 0 Å². The molecule has 1 aliphatic rings. The van der Waals surface area contributed by atoms with E-state index in [4.69, 9.17) is 15.2 Å². The third-order valence-electron chi connectivity index (χ3n) is 6.59. The molecule has 0 saturated heterocycles. The molecule has 7 nitrogen and oxygen atoms in total. The van der Waals surface area contributed by atoms with Gasteiger partial charge in [-0.3, -0.25) is 9.59 Å². The van der Waals surface area contributed by atoms with Crippen molar-refractivity contribution in [2.75, 3.05) is 25.3 Å². The van der Waals surface area contributed by atoms with Gasteiger partial charge in [-0.25, -0.2) is 0 Å². The Kier molecular flexibility index (Phi) is 5.91. The molecule has 0 unspecified atom stereocenters. The van der Waals surface area contributed by atoms with Crippen LogP contribution >= 0.6 is 0 Å². The predicted molar refractivity (Wildman–Crippen MR) is 136 cm³/mol. The van der Waals surface area contributed by atoms with Gasteiger partial charge < -0.3 is 24.9 Å². The van der Waals surface area contributed by atoms with Gasteiger partial charge >= 0.3 is 0 Å². The summed E-state index contributed by atoms with van der Waals surface area (Å²) in [6.07, 6.45) is 6.06. The SMILES string of the molecule is COc1ccc(NC(=O)c2c(N)c(C(=O)c3ccc4c(c3)CCCC4)n3ccccc23)c(OC)c1. The minimum atomic E-state index is -0.431. The van der Waals surface area contributed by atoms with E-state index in [9.17, 15) is 9.59 Å². The van der Waals surface area contributed by atoms with Crippen LogP contribution in [0.25, 0.3) is 5.52 Å². The summed E-state index contributed by atoms with van der Waals surface area (Å²) < 4.78 is 12.3. The van der Waals surface area contributed by atoms with Crippen molar-refractivity contribution < 1.29 is 19.1 Å². The van der Waals surface area contributed by atoms with Crippen LogP contribution in [0.2, 0.25) is 0 Å². The number of nitrogens with one attached hydrogen (secondary N) is 1. The summed E-state index contributed by atoms with van der Waals surface area (Å²) in [4.78, 5) is 27.1. The Balaban J connectivity index is 1.56. The van der Waals surface area contributed by atoms with E-state index in [2.05, 4.69) is 5.32 Å². The number of anilines is 2. The first kappa shape index (κ1) is 22.5. The number of ketones is 1. The molecular formula is C28H27N3O4. The van der Waals surface area contributed by atoms with Crippen molar-refractivity contribution in [3.63, 3.8) is 0 Å². The topological polar surface area (TPSA) is 95.1 Å². The molecule has 0 bridgehead atoms. The van der Waals surface area contributed by atoms with E-state index < -0.39 is 5.91 Å². The number of methoxy groups -OCH3 is 2. The number of ether oxygens (including phenoxy) is 2. The zero-order chi connectivity index (χ0) is 24.5. The van der Waals surface area contributed by atoms with E-state index in [1.807, 2.05) is 30.3 Å². The van der Waals surface area contributed by atoms with Gasteiger partial charge in [0.1, 0.15) is 17.2 Å². The van der Waals surface area contributed by atoms with Crippen molar-refractivity contribution in [3.05, 3.63) is 88.7 Å². The quantitative estimate of drug-likeness (QED) is 0.392. The molecule has 2 heterocycles. The van der Waals surface area contributed by atoms with Crippen molar-refractivity contribution in [2.24, 2.45) is 0 Å². The number of aromatic nitrogens is 1. The number of carbonyl (C=O) groups is 2. The molecule has 7 heteroatoms. The third-order valence-corrected chi connectivity index (χ3v) is 6.59. The summed E-state index contributed by atoms with van der Waals surface area (Å²) in [5.74, 6) is 0.411. The summed E-state index contributed by atoms with van der Waals surface area (Å²) in [7, 11) is 3.07. The molecule has 1 amide bonds. The number of carbonyl (C=O) groups excluding carboxylic acids is 2. The highest BCUT2D eigenvalue weighted by Gasteiger charge is 2.27. The third kappa shape index (κ3) is 3.99. The Labute approximate surface area is 203 Å². The largest absolute Gasteiger partial charge is 0.497 e. The minimum Gasteiger partial charge on any atom is -0.497 e. The number of amides is 1. The number of rotatable bonds is 6. The van der Waals surface area contributed by atoms with Gasteiger partial charge in [0.05, 0.1) is 36.7 Å². The zero-order valence-electron chi connectivity index (χ0n) is 19.8. The molecular weight excluding hydrogens is 442 g/mol. The van der Waals surface area contributed by atoms with Gasteiger partial charge in [-0.1, -0.05) is 18.2 Å². The first-order valence-corrected chi connectivity index (χ1v) is 11.6. The molecule has 3 N–H and O–H groups in total. The molecule has 0 atom stereocenters. The highest BCUT2D eigenvalue weighted by molar-refractivity contribution is 6.20. The normalized spacial score (nSPS) is 12.7. The van der Waals surface area contributed by atoms with Crippen LogP contribution in [-0.2, 0) is 12.8 Å². The molecule has 0 radical (unpaired) electrons. The van der Waals surface area contributed by atoms with Crippen molar-refractivity contribution in [1.29, 1.82) is 0 Å². The Hall–Kier alpha value is -4.26. The molecule has 2 aromatic heterocycles. The van der Waals surface area contributed by atoms with Gasteiger partial charge in [-0.15, -0.1) is 0 Å². The van der Waals surface area contributed by atoms with Crippen LogP contribution in [0, 0.1) is 0 Å². The fourth-order valence-electron chi connectivity index (χ4n) is 4.80. The van der Waals surface area contributed by atoms with E-state index in [0.717, 1.165) is 19.3 Å². The van der Waals surface area contributed by atoms with Crippen LogP contribution in [-0.4, -0.2) is 30.3 Å². The highest BCUT2D eigenvalue weighted by Crippen LogP contribution is 2.33. The van der Waals surface area contributed by atoms with Gasteiger partial charge in [0.2, 0.25) is 5.78 Å². The molecule has 0 spiro atoms. The van der Waals surface area contributed by atoms with Gasteiger partial charge in [0, 0.05) is 17.8 Å². The van der Waals surface area contributed by atoms with Gasteiger partial charge in [0.25, 0.3) is 5.91 Å². The second-order valence-corrected chi connectivity index (χ2v) is 8.63. The Morgan fingerprint density at radius 3 is 2.51 bits per heavy atom. The molecule has 0 saturated carbocycles. The molecule has 0 aliphatic heterocycles. The summed E-state index contributed by atoms with van der Waals surface area (Å²) >= 11 is 0. The number of nitrogens with zero attached hydrogens (tertiary/aromatic N) is 1. The maximum absolute atomic E-state index is 13.7. The maximum Gasteiger partial charge on any atom is 0.260 e. The Morgan fingerprint density at radius 1 is 0.943 bits per heavy atom. The van der Waals surface area contributed by atoms with Crippen LogP contribution in [0.15, 0.2) is 60.8 Å². The van der Waals surface area contributed by atoms with Crippen molar-refractivity contribution in [1.82, 2.24) is 4.40 Å². The lowest BCUT2D eigenvalue weighted by atomic mass is 9.89. The van der Waals surface area contributed by atoms with Crippen LogP contribution in [0.3, 0.4) is 0 Å². The van der Waals surface area contributed by atoms with Crippen LogP contribution in [0.1, 0.15) is 50.4 Å². The van der Waals surface area contributed by atoms with Gasteiger partial charge in [-0.2, -0.15) is 0 Å². The van der Waals surface area contributed by atoms with E-state index >= 15 is 0 Å². The van der Waals surface area contributed by atoms with E-state index in [0.29, 0.717) is 28.3 Å². The van der Waals surface area contributed by atoms with Crippen LogP contribution in [0.4, 0.5) is 11.4 Å². The number of benzene rings is 2. The standard InChI is InChI=1S/C28H27N3O4/c1-34-20-12-13-21(23(16-20)35-2)30-28(33)24-22-9-5-6-14-31(22)26(25(24)29)27(32)19-11-10-17-7-3-4-8-18(17)15-19/h5-6,9-16H,3-4,7-8,29H2,1-2H3,(H,30,33). The molecule has 1 aliphatic carbocycles. The lowest BCUT2D eigenvalue weighted by molar-refractivity contribution is 0.102. The molecule has 178 valence electrons. The minimum absolute atomic E-state index is 0.142. The predicted octanol–water partition coefficient (Wildman–Crippen LogP) is 4.90. The Bertz CT molecular complexity index is 1450. The summed E-state index contributed by atoms with van der Waals surface area (Å²) in [5.41, 5.74) is 11.3. The van der Waals surface area contributed by atoms with Crippen molar-refractivity contribution in [3.8, 4) is 11.5 Å². The maximum atomic E-state index is 13.7. The number of pyridine rings is 1. The second kappa shape index (κ2) is 9.18. The highest BCUT2D eigenvalue weighted by atomic mass is 16.5. The smallest absolute Gasteiger partial charge is 0.260 e. The molecule has 35 heavy (non-hydrogen) atoms. The molecule has 0 fully saturated rings. The van der Waals surface area contributed by atoms with Crippen molar-refractivity contribution in [2.45, 2.75) is 25.7 Å². The van der Waals surface area contributed by atoms with E-state index in [-0.39, 0.29) is 22.7 Å². The first-order chi connectivity index (χ1) is 17.0. The van der Waals surface area contributed by atoms with E-state index in [1.165, 1.54) is 24.7 Å². The van der Waals surface area contributed by atoms with Gasteiger partial charge in [-0.05, 0) is 67.1 Å². The number of aryl methyl sites for hydroxylation is 2. The second-order valence-electron chi connectivity index (χ2n) is 8.63. The zero-order valence-corrected chi connectivity index (χ0v) is 19.8. The van der Waals surface area contributed by atoms with Crippen molar-refractivity contribution >= 4 is 28.6 Å². The lowest BCUT2D eigenvalue weighted by Gasteiger charge is -2.16. The first-order valence-electron chi connectivity index (χ1n) is 11.6. The number of fused-ring (bicyclic) bond motifs is 2. The molecule has 4 aromatic rings. The Morgan fingerprint density at radius 2 is 1.74 bits per heavy atom. The molecule has 5 rings (SSSR count). The molecule has 2 aromatic carbocycles. The fourth-order valence-corrected chi connectivity index (χ4v) is 4.80. The van der Waals surface area contributed by atoms with E-state index in [1.54, 1.807) is 42.0 Å². The monoisotopic (exact) mass is 469 g/mol. The average Bonchev–Trinajstić information content (AvgIpc) is 3.19. The fraction of sp³-hybridized carbons (Fsp3) is 0.214. The van der Waals surface area contributed by atoms with Crippen LogP contribution in [0.5, 0.6) is 11.5 Å². The summed E-state index contributed by atoms with van der Waals surface area (Å²) in [6, 6.07) is 16.4. The number of nitrogens with two attached hydrogens (primary N) is 1. The number of hydrogen-bond donors (Lipinski definition) is 2. The average molecular weight is 470 g/mol. The summed E-state index contributed by atoms with van der Waals surface area (Å²) in [5, 5.41) is 2.87. The van der Waals surface area contributed by atoms with Crippen LogP contribution < -0.4 is 20.5 Å². The lowest BCUT2D eigenvalue weighted by Crippen LogP contribution is -2.15.